The number of furan rings is 1. The number of carbonyl (C=O) groups excluding carboxylic acids is 1. The quantitative estimate of drug-likeness (QED) is 0.778. The molecule has 0 aliphatic heterocycles. The van der Waals surface area contributed by atoms with Crippen molar-refractivity contribution in [2.75, 3.05) is 0 Å². The Labute approximate surface area is 76.9 Å². The minimum Gasteiger partial charge on any atom is -0.472 e. The first-order valence-electron chi connectivity index (χ1n) is 4.13. The summed E-state index contributed by atoms with van der Waals surface area (Å²) in [4.78, 5) is 11.0. The smallest absolute Gasteiger partial charge is 0.407 e. The molecule has 0 aliphatic carbocycles. The van der Waals surface area contributed by atoms with Crippen LogP contribution in [0.2, 0.25) is 0 Å². The molecule has 0 aromatic carbocycles. The molecule has 1 N–H and O–H groups in total. The number of nitrogens with one attached hydrogen (secondary N) is 1. The van der Waals surface area contributed by atoms with Crippen LogP contribution in [0.15, 0.2) is 23.0 Å². The summed E-state index contributed by atoms with van der Waals surface area (Å²) in [6.45, 7) is 3.99. The van der Waals surface area contributed by atoms with Crippen LogP contribution in [-0.2, 0) is 11.3 Å². The number of ether oxygens (including phenoxy) is 1. The summed E-state index contributed by atoms with van der Waals surface area (Å²) in [6.07, 6.45) is 2.68. The van der Waals surface area contributed by atoms with Gasteiger partial charge in [-0.15, -0.1) is 0 Å². The molecule has 13 heavy (non-hydrogen) atoms. The third-order valence-corrected chi connectivity index (χ3v) is 1.36. The summed E-state index contributed by atoms with van der Waals surface area (Å²) < 4.78 is 9.70. The van der Waals surface area contributed by atoms with Crippen LogP contribution in [0.1, 0.15) is 19.4 Å². The molecule has 4 heteroatoms. The summed E-state index contributed by atoms with van der Waals surface area (Å²) in [5, 5.41) is 2.61. The van der Waals surface area contributed by atoms with Crippen LogP contribution < -0.4 is 5.32 Å². The minimum atomic E-state index is -0.406. The molecule has 1 rings (SSSR count). The average molecular weight is 183 g/mol. The van der Waals surface area contributed by atoms with E-state index in [4.69, 9.17) is 9.15 Å². The highest BCUT2D eigenvalue weighted by Gasteiger charge is 2.04. The van der Waals surface area contributed by atoms with E-state index in [1.54, 1.807) is 18.6 Å². The zero-order valence-corrected chi connectivity index (χ0v) is 7.74. The molecule has 4 nitrogen and oxygen atoms in total. The van der Waals surface area contributed by atoms with Crippen molar-refractivity contribution >= 4 is 6.09 Å². The summed E-state index contributed by atoms with van der Waals surface area (Å²) in [6, 6.07) is 1.85. The Balaban J connectivity index is 2.23. The molecule has 1 aromatic heterocycles. The molecule has 0 radical (unpaired) electrons. The van der Waals surface area contributed by atoms with E-state index in [1.165, 1.54) is 0 Å². The monoisotopic (exact) mass is 183 g/mol. The van der Waals surface area contributed by atoms with Gasteiger partial charge in [0.2, 0.25) is 0 Å². The van der Waals surface area contributed by atoms with Gasteiger partial charge in [0.25, 0.3) is 0 Å². The molecule has 0 fully saturated rings. The molecule has 0 spiro atoms. The Bertz CT molecular complexity index is 254. The van der Waals surface area contributed by atoms with E-state index in [9.17, 15) is 4.79 Å². The first-order chi connectivity index (χ1) is 6.18. The first kappa shape index (κ1) is 9.64. The van der Waals surface area contributed by atoms with Crippen molar-refractivity contribution in [1.82, 2.24) is 5.32 Å². The van der Waals surface area contributed by atoms with Gasteiger partial charge in [-0.25, -0.2) is 4.79 Å². The lowest BCUT2D eigenvalue weighted by Crippen LogP contribution is -2.30. The molecule has 0 aliphatic rings. The molecule has 0 saturated carbocycles. The fraction of sp³-hybridized carbons (Fsp3) is 0.444. The highest BCUT2D eigenvalue weighted by Crippen LogP contribution is 2.01. The molecule has 0 atom stereocenters. The van der Waals surface area contributed by atoms with Crippen molar-refractivity contribution in [3.8, 4) is 0 Å². The van der Waals surface area contributed by atoms with Crippen LogP contribution in [0.25, 0.3) is 0 Å². The minimum absolute atomic E-state index is 0.0943. The summed E-state index contributed by atoms with van der Waals surface area (Å²) >= 11 is 0. The second-order valence-corrected chi connectivity index (χ2v) is 3.01. The van der Waals surface area contributed by atoms with Crippen molar-refractivity contribution in [3.63, 3.8) is 0 Å². The van der Waals surface area contributed by atoms with Gasteiger partial charge >= 0.3 is 6.09 Å². The first-order valence-corrected chi connectivity index (χ1v) is 4.13. The summed E-state index contributed by atoms with van der Waals surface area (Å²) in [5.41, 5.74) is 0.846. The lowest BCUT2D eigenvalue weighted by molar-refractivity contribution is 0.137. The number of rotatable bonds is 3. The number of hydrogen-bond donors (Lipinski definition) is 1. The highest BCUT2D eigenvalue weighted by atomic mass is 16.5. The van der Waals surface area contributed by atoms with Crippen molar-refractivity contribution in [1.29, 1.82) is 0 Å². The zero-order valence-electron chi connectivity index (χ0n) is 7.74. The molecular weight excluding hydrogens is 170 g/mol. The number of amides is 1. The topological polar surface area (TPSA) is 51.5 Å². The summed E-state index contributed by atoms with van der Waals surface area (Å²) in [7, 11) is 0. The fourth-order valence-electron chi connectivity index (χ4n) is 0.801. The molecule has 1 aromatic rings. The number of carbonyl (C=O) groups is 1. The standard InChI is InChI=1S/C9H13NO3/c1-7(2)10-9(11)13-6-8-3-4-12-5-8/h3-5,7H,6H2,1-2H3,(H,10,11). The Hall–Kier alpha value is -1.45. The van der Waals surface area contributed by atoms with Gasteiger partial charge in [-0.1, -0.05) is 0 Å². The van der Waals surface area contributed by atoms with Gasteiger partial charge in [0.05, 0.1) is 12.5 Å². The lowest BCUT2D eigenvalue weighted by Gasteiger charge is -2.07. The van der Waals surface area contributed by atoms with Crippen molar-refractivity contribution in [2.45, 2.75) is 26.5 Å². The molecule has 1 heterocycles. The van der Waals surface area contributed by atoms with E-state index in [-0.39, 0.29) is 12.6 Å². The maximum absolute atomic E-state index is 11.0. The number of hydrogen-bond acceptors (Lipinski definition) is 3. The Morgan fingerprint density at radius 1 is 1.69 bits per heavy atom. The largest absolute Gasteiger partial charge is 0.472 e. The van der Waals surface area contributed by atoms with Crippen LogP contribution in [0.4, 0.5) is 4.79 Å². The van der Waals surface area contributed by atoms with E-state index in [2.05, 4.69) is 5.32 Å². The van der Waals surface area contributed by atoms with E-state index in [0.29, 0.717) is 0 Å². The van der Waals surface area contributed by atoms with Crippen LogP contribution in [-0.4, -0.2) is 12.1 Å². The average Bonchev–Trinajstić information content (AvgIpc) is 2.51. The van der Waals surface area contributed by atoms with Crippen molar-refractivity contribution in [2.24, 2.45) is 0 Å². The Morgan fingerprint density at radius 2 is 2.46 bits per heavy atom. The highest BCUT2D eigenvalue weighted by molar-refractivity contribution is 5.67. The zero-order chi connectivity index (χ0) is 9.68. The normalized spacial score (nSPS) is 10.1. The maximum Gasteiger partial charge on any atom is 0.407 e. The predicted octanol–water partition coefficient (Wildman–Crippen LogP) is 1.91. The van der Waals surface area contributed by atoms with Crippen molar-refractivity contribution in [3.05, 3.63) is 24.2 Å². The van der Waals surface area contributed by atoms with Gasteiger partial charge < -0.3 is 14.5 Å². The second-order valence-electron chi connectivity index (χ2n) is 3.01. The molecular formula is C9H13NO3. The maximum atomic E-state index is 11.0. The molecule has 1 amide bonds. The predicted molar refractivity (Wildman–Crippen MR) is 47.2 cm³/mol. The van der Waals surface area contributed by atoms with E-state index in [0.717, 1.165) is 5.56 Å². The van der Waals surface area contributed by atoms with Crippen LogP contribution >= 0.6 is 0 Å². The molecule has 0 saturated heterocycles. The molecule has 0 bridgehead atoms. The fourth-order valence-corrected chi connectivity index (χ4v) is 0.801. The third-order valence-electron chi connectivity index (χ3n) is 1.36. The van der Waals surface area contributed by atoms with Gasteiger partial charge in [-0.3, -0.25) is 0 Å². The Morgan fingerprint density at radius 3 is 3.00 bits per heavy atom. The van der Waals surface area contributed by atoms with Gasteiger partial charge in [0.1, 0.15) is 6.61 Å². The van der Waals surface area contributed by atoms with Crippen molar-refractivity contribution < 1.29 is 13.9 Å². The molecule has 0 unspecified atom stereocenters. The number of alkyl carbamates (subject to hydrolysis) is 1. The molecule has 72 valence electrons. The van der Waals surface area contributed by atoms with E-state index in [1.807, 2.05) is 13.8 Å². The van der Waals surface area contributed by atoms with Crippen LogP contribution in [0, 0.1) is 0 Å². The van der Waals surface area contributed by atoms with Crippen LogP contribution in [0.5, 0.6) is 0 Å². The van der Waals surface area contributed by atoms with Gasteiger partial charge in [0, 0.05) is 11.6 Å². The SMILES string of the molecule is CC(C)NC(=O)OCc1ccoc1. The van der Waals surface area contributed by atoms with Crippen LogP contribution in [0.3, 0.4) is 0 Å². The van der Waals surface area contributed by atoms with E-state index < -0.39 is 6.09 Å². The van der Waals surface area contributed by atoms with Gasteiger partial charge in [-0.2, -0.15) is 0 Å². The van der Waals surface area contributed by atoms with Gasteiger partial charge in [-0.05, 0) is 19.9 Å². The van der Waals surface area contributed by atoms with Gasteiger partial charge in [0.15, 0.2) is 0 Å². The van der Waals surface area contributed by atoms with E-state index >= 15 is 0 Å². The summed E-state index contributed by atoms with van der Waals surface area (Å²) in [5.74, 6) is 0. The lowest BCUT2D eigenvalue weighted by atomic mass is 10.4. The second kappa shape index (κ2) is 4.54. The third kappa shape index (κ3) is 3.64. The Kier molecular flexibility index (Phi) is 3.37.